The minimum absolute atomic E-state index is 0.261. The standard InChI is InChI=1S/C19H23ClN6OS/c1-4-5-10-26-17(20)14(12(2)25-26)11-21-24-18(27)13(3)22-19-23-15-8-6-7-9-16(15)28-19/h6-9,11,13H,4-5,10H2,1-3H3,(H,22,23)(H,24,27)/b21-11-/t13-/m0/s1. The van der Waals surface area contributed by atoms with Crippen LogP contribution in [0, 0.1) is 6.92 Å². The maximum atomic E-state index is 12.3. The first-order valence-corrected chi connectivity index (χ1v) is 10.4. The number of carbonyl (C=O) groups excluding carboxylic acids is 1. The van der Waals surface area contributed by atoms with Crippen molar-refractivity contribution in [1.29, 1.82) is 0 Å². The number of aromatic nitrogens is 3. The number of amides is 1. The van der Waals surface area contributed by atoms with Gasteiger partial charge in [0.15, 0.2) is 5.13 Å². The molecule has 0 aliphatic carbocycles. The van der Waals surface area contributed by atoms with E-state index in [9.17, 15) is 4.79 Å². The molecule has 0 saturated heterocycles. The number of anilines is 1. The van der Waals surface area contributed by atoms with E-state index in [1.165, 1.54) is 17.6 Å². The van der Waals surface area contributed by atoms with Crippen LogP contribution < -0.4 is 10.7 Å². The molecular formula is C19H23ClN6OS. The summed E-state index contributed by atoms with van der Waals surface area (Å²) in [6.07, 6.45) is 3.60. The maximum absolute atomic E-state index is 12.3. The Morgan fingerprint density at radius 1 is 1.43 bits per heavy atom. The van der Waals surface area contributed by atoms with Crippen molar-refractivity contribution in [1.82, 2.24) is 20.2 Å². The number of benzene rings is 1. The van der Waals surface area contributed by atoms with E-state index in [1.807, 2.05) is 31.2 Å². The van der Waals surface area contributed by atoms with Gasteiger partial charge in [-0.25, -0.2) is 10.4 Å². The van der Waals surface area contributed by atoms with Crippen LogP contribution in [0.15, 0.2) is 29.4 Å². The third-order valence-corrected chi connectivity index (χ3v) is 5.59. The highest BCUT2D eigenvalue weighted by molar-refractivity contribution is 7.22. The van der Waals surface area contributed by atoms with Crippen molar-refractivity contribution in [3.63, 3.8) is 0 Å². The van der Waals surface area contributed by atoms with E-state index in [4.69, 9.17) is 11.6 Å². The summed E-state index contributed by atoms with van der Waals surface area (Å²) in [5.41, 5.74) is 4.94. The lowest BCUT2D eigenvalue weighted by molar-refractivity contribution is -0.121. The first-order chi connectivity index (χ1) is 13.5. The number of thiazole rings is 1. The number of hydrogen-bond donors (Lipinski definition) is 2. The quantitative estimate of drug-likeness (QED) is 0.424. The minimum atomic E-state index is -0.485. The molecule has 0 bridgehead atoms. The van der Waals surface area contributed by atoms with Crippen molar-refractivity contribution >= 4 is 50.4 Å². The van der Waals surface area contributed by atoms with E-state index in [0.29, 0.717) is 15.8 Å². The molecule has 0 spiro atoms. The normalized spacial score (nSPS) is 12.6. The van der Waals surface area contributed by atoms with Crippen LogP contribution in [0.5, 0.6) is 0 Å². The number of carbonyl (C=O) groups is 1. The van der Waals surface area contributed by atoms with Gasteiger partial charge in [0.05, 0.1) is 27.7 Å². The number of hydrogen-bond acceptors (Lipinski definition) is 6. The number of hydrazone groups is 1. The number of rotatable bonds is 8. The first kappa shape index (κ1) is 20.3. The van der Waals surface area contributed by atoms with Gasteiger partial charge in [0.1, 0.15) is 11.2 Å². The molecule has 1 aromatic carbocycles. The first-order valence-electron chi connectivity index (χ1n) is 9.17. The van der Waals surface area contributed by atoms with Crippen LogP contribution in [-0.2, 0) is 11.3 Å². The molecular weight excluding hydrogens is 396 g/mol. The predicted octanol–water partition coefficient (Wildman–Crippen LogP) is 4.21. The van der Waals surface area contributed by atoms with Gasteiger partial charge >= 0.3 is 0 Å². The molecule has 0 saturated carbocycles. The van der Waals surface area contributed by atoms with Crippen LogP contribution in [0.1, 0.15) is 37.9 Å². The number of para-hydroxylation sites is 1. The van der Waals surface area contributed by atoms with Crippen LogP contribution in [0.25, 0.3) is 10.2 Å². The molecule has 1 atom stereocenters. The fraction of sp³-hybridized carbons (Fsp3) is 0.368. The van der Waals surface area contributed by atoms with Crippen molar-refractivity contribution < 1.29 is 4.79 Å². The molecule has 148 valence electrons. The van der Waals surface area contributed by atoms with Gasteiger partial charge in [-0.1, -0.05) is 48.4 Å². The Bertz CT molecular complexity index is 963. The zero-order chi connectivity index (χ0) is 20.1. The Morgan fingerprint density at radius 3 is 2.96 bits per heavy atom. The summed E-state index contributed by atoms with van der Waals surface area (Å²) in [5, 5.41) is 12.8. The molecule has 3 aromatic rings. The number of unbranched alkanes of at least 4 members (excludes halogenated alkanes) is 1. The summed E-state index contributed by atoms with van der Waals surface area (Å²) in [4.78, 5) is 16.8. The smallest absolute Gasteiger partial charge is 0.262 e. The van der Waals surface area contributed by atoms with E-state index in [2.05, 4.69) is 32.9 Å². The monoisotopic (exact) mass is 418 g/mol. The molecule has 0 aliphatic rings. The van der Waals surface area contributed by atoms with Gasteiger partial charge < -0.3 is 5.32 Å². The van der Waals surface area contributed by atoms with Gasteiger partial charge in [-0.2, -0.15) is 10.2 Å². The number of nitrogens with one attached hydrogen (secondary N) is 2. The Morgan fingerprint density at radius 2 is 2.21 bits per heavy atom. The summed E-state index contributed by atoms with van der Waals surface area (Å²) < 4.78 is 2.83. The van der Waals surface area contributed by atoms with Gasteiger partial charge in [-0.3, -0.25) is 9.48 Å². The van der Waals surface area contributed by atoms with E-state index in [0.717, 1.165) is 35.3 Å². The molecule has 1 amide bonds. The molecule has 0 radical (unpaired) electrons. The molecule has 7 nitrogen and oxygen atoms in total. The summed E-state index contributed by atoms with van der Waals surface area (Å²) in [5.74, 6) is -0.261. The average molecular weight is 419 g/mol. The highest BCUT2D eigenvalue weighted by Crippen LogP contribution is 2.25. The van der Waals surface area contributed by atoms with Crippen LogP contribution in [0.4, 0.5) is 5.13 Å². The fourth-order valence-corrected chi connectivity index (χ4v) is 3.87. The van der Waals surface area contributed by atoms with Gasteiger partial charge in [-0.15, -0.1) is 0 Å². The third-order valence-electron chi connectivity index (χ3n) is 4.23. The van der Waals surface area contributed by atoms with Crippen molar-refractivity contribution in [3.05, 3.63) is 40.7 Å². The van der Waals surface area contributed by atoms with Crippen LogP contribution in [0.3, 0.4) is 0 Å². The zero-order valence-electron chi connectivity index (χ0n) is 16.1. The molecule has 9 heteroatoms. The lowest BCUT2D eigenvalue weighted by atomic mass is 10.3. The van der Waals surface area contributed by atoms with Crippen molar-refractivity contribution in [2.24, 2.45) is 5.10 Å². The molecule has 2 aromatic heterocycles. The lowest BCUT2D eigenvalue weighted by Gasteiger charge is -2.10. The van der Waals surface area contributed by atoms with Gasteiger partial charge in [0, 0.05) is 6.54 Å². The molecule has 2 heterocycles. The Hall–Kier alpha value is -2.45. The largest absolute Gasteiger partial charge is 0.350 e. The number of fused-ring (bicyclic) bond motifs is 1. The predicted molar refractivity (Wildman–Crippen MR) is 115 cm³/mol. The average Bonchev–Trinajstić information content (AvgIpc) is 3.20. The zero-order valence-corrected chi connectivity index (χ0v) is 17.6. The summed E-state index contributed by atoms with van der Waals surface area (Å²) in [7, 11) is 0. The second-order valence-corrected chi connectivity index (χ2v) is 7.84. The Labute approximate surface area is 172 Å². The van der Waals surface area contributed by atoms with Crippen LogP contribution in [-0.4, -0.2) is 32.9 Å². The summed E-state index contributed by atoms with van der Waals surface area (Å²) in [6, 6.07) is 7.36. The van der Waals surface area contributed by atoms with Crippen molar-refractivity contribution in [3.8, 4) is 0 Å². The molecule has 2 N–H and O–H groups in total. The summed E-state index contributed by atoms with van der Waals surface area (Å²) in [6.45, 7) is 6.51. The van der Waals surface area contributed by atoms with Crippen molar-refractivity contribution in [2.75, 3.05) is 5.32 Å². The minimum Gasteiger partial charge on any atom is -0.350 e. The van der Waals surface area contributed by atoms with E-state index in [1.54, 1.807) is 11.6 Å². The second kappa shape index (κ2) is 9.16. The topological polar surface area (TPSA) is 84.2 Å². The molecule has 0 fully saturated rings. The SMILES string of the molecule is CCCCn1nc(C)c(/C=N\NC(=O)[C@H](C)Nc2nc3ccccc3s2)c1Cl. The number of halogens is 1. The van der Waals surface area contributed by atoms with Crippen LogP contribution >= 0.6 is 22.9 Å². The third kappa shape index (κ3) is 4.69. The lowest BCUT2D eigenvalue weighted by Crippen LogP contribution is -2.34. The molecule has 0 unspecified atom stereocenters. The van der Waals surface area contributed by atoms with Crippen LogP contribution in [0.2, 0.25) is 5.15 Å². The molecule has 28 heavy (non-hydrogen) atoms. The highest BCUT2D eigenvalue weighted by Gasteiger charge is 2.15. The number of nitrogens with zero attached hydrogens (tertiary/aromatic N) is 4. The Balaban J connectivity index is 1.59. The van der Waals surface area contributed by atoms with E-state index >= 15 is 0 Å². The molecule has 3 rings (SSSR count). The van der Waals surface area contributed by atoms with E-state index < -0.39 is 6.04 Å². The fourth-order valence-electron chi connectivity index (χ4n) is 2.61. The highest BCUT2D eigenvalue weighted by atomic mass is 35.5. The van der Waals surface area contributed by atoms with E-state index in [-0.39, 0.29) is 5.91 Å². The summed E-state index contributed by atoms with van der Waals surface area (Å²) >= 11 is 7.87. The van der Waals surface area contributed by atoms with Crippen molar-refractivity contribution in [2.45, 2.75) is 46.2 Å². The van der Waals surface area contributed by atoms with Gasteiger partial charge in [-0.05, 0) is 32.4 Å². The van der Waals surface area contributed by atoms with Gasteiger partial charge in [0.25, 0.3) is 5.91 Å². The second-order valence-electron chi connectivity index (χ2n) is 6.45. The molecule has 0 aliphatic heterocycles. The van der Waals surface area contributed by atoms with Gasteiger partial charge in [0.2, 0.25) is 0 Å². The Kier molecular flexibility index (Phi) is 6.64. The number of aryl methyl sites for hydroxylation is 2. The maximum Gasteiger partial charge on any atom is 0.262 e.